The van der Waals surface area contributed by atoms with Crippen molar-refractivity contribution in [3.05, 3.63) is 14.7 Å². The van der Waals surface area contributed by atoms with Gasteiger partial charge in [-0.25, -0.2) is 13.1 Å². The van der Waals surface area contributed by atoms with Crippen molar-refractivity contribution in [3.63, 3.8) is 0 Å². The normalized spacial score (nSPS) is 25.3. The van der Waals surface area contributed by atoms with E-state index in [0.29, 0.717) is 4.34 Å². The van der Waals surface area contributed by atoms with Gasteiger partial charge in [-0.1, -0.05) is 36.0 Å². The van der Waals surface area contributed by atoms with Crippen molar-refractivity contribution in [1.29, 1.82) is 0 Å². The molecule has 0 aromatic carbocycles. The topological polar surface area (TPSA) is 72.2 Å². The smallest absolute Gasteiger partial charge is 0.243 e. The van der Waals surface area contributed by atoms with Gasteiger partial charge in [0.25, 0.3) is 0 Å². The van der Waals surface area contributed by atoms with Gasteiger partial charge in [0.1, 0.15) is 9.23 Å². The number of nitrogens with one attached hydrogen (secondary N) is 1. The van der Waals surface area contributed by atoms with Crippen molar-refractivity contribution in [1.82, 2.24) is 4.72 Å². The molecule has 0 aliphatic heterocycles. The first-order valence-electron chi connectivity index (χ1n) is 5.63. The summed E-state index contributed by atoms with van der Waals surface area (Å²) in [6.45, 7) is 0. The molecule has 1 saturated carbocycles. The number of halogens is 2. The Morgan fingerprint density at radius 2 is 2.00 bits per heavy atom. The van der Waals surface area contributed by atoms with E-state index >= 15 is 0 Å². The van der Waals surface area contributed by atoms with E-state index < -0.39 is 10.0 Å². The summed E-state index contributed by atoms with van der Waals surface area (Å²) in [5, 5.41) is 0. The fourth-order valence-corrected chi connectivity index (χ4v) is 5.55. The summed E-state index contributed by atoms with van der Waals surface area (Å²) in [7, 11) is -3.64. The minimum atomic E-state index is -3.64. The minimum Gasteiger partial charge on any atom is -0.326 e. The Balaban J connectivity index is 2.19. The SMILES string of the molecule is NC1CCCCC1NS(=O)(=O)c1cc(Cl)sc1Cl. The van der Waals surface area contributed by atoms with Crippen molar-refractivity contribution < 1.29 is 8.42 Å². The van der Waals surface area contributed by atoms with Crippen LogP contribution in [-0.2, 0) is 10.0 Å². The lowest BCUT2D eigenvalue weighted by molar-refractivity contribution is 0.361. The van der Waals surface area contributed by atoms with Crippen LogP contribution in [0.25, 0.3) is 0 Å². The Hall–Kier alpha value is 0.150. The second kappa shape index (κ2) is 5.64. The van der Waals surface area contributed by atoms with Gasteiger partial charge in [-0.15, -0.1) is 11.3 Å². The van der Waals surface area contributed by atoms with E-state index in [2.05, 4.69) is 4.72 Å². The van der Waals surface area contributed by atoms with E-state index in [0.717, 1.165) is 37.0 Å². The van der Waals surface area contributed by atoms with Gasteiger partial charge in [0, 0.05) is 12.1 Å². The van der Waals surface area contributed by atoms with Gasteiger partial charge in [-0.3, -0.25) is 0 Å². The average Bonchev–Trinajstić information content (AvgIpc) is 2.62. The predicted octanol–water partition coefficient (Wildman–Crippen LogP) is 2.60. The van der Waals surface area contributed by atoms with E-state index in [1.165, 1.54) is 6.07 Å². The summed E-state index contributed by atoms with van der Waals surface area (Å²) in [6.07, 6.45) is 3.63. The van der Waals surface area contributed by atoms with Crippen LogP contribution in [0, 0.1) is 0 Å². The molecule has 0 bridgehead atoms. The Kier molecular flexibility index (Phi) is 4.57. The van der Waals surface area contributed by atoms with Crippen LogP contribution in [-0.4, -0.2) is 20.5 Å². The maximum Gasteiger partial charge on any atom is 0.243 e. The van der Waals surface area contributed by atoms with Crippen LogP contribution < -0.4 is 10.5 Å². The fraction of sp³-hybridized carbons (Fsp3) is 0.600. The predicted molar refractivity (Wildman–Crippen MR) is 74.9 cm³/mol. The van der Waals surface area contributed by atoms with Gasteiger partial charge < -0.3 is 5.73 Å². The van der Waals surface area contributed by atoms with Gasteiger partial charge in [0.2, 0.25) is 10.0 Å². The summed E-state index contributed by atoms with van der Waals surface area (Å²) >= 11 is 12.7. The molecule has 4 nitrogen and oxygen atoms in total. The number of sulfonamides is 1. The van der Waals surface area contributed by atoms with Crippen LogP contribution in [0.2, 0.25) is 8.67 Å². The van der Waals surface area contributed by atoms with E-state index in [-0.39, 0.29) is 21.3 Å². The Bertz CT molecular complexity index is 530. The quantitative estimate of drug-likeness (QED) is 0.895. The molecule has 1 heterocycles. The molecule has 0 spiro atoms. The monoisotopic (exact) mass is 328 g/mol. The second-order valence-electron chi connectivity index (χ2n) is 4.36. The molecule has 0 saturated heterocycles. The highest BCUT2D eigenvalue weighted by molar-refractivity contribution is 7.89. The molecule has 0 amide bonds. The minimum absolute atomic E-state index is 0.0388. The van der Waals surface area contributed by atoms with Gasteiger partial charge in [0.05, 0.1) is 4.34 Å². The molecule has 1 aliphatic carbocycles. The van der Waals surface area contributed by atoms with Crippen LogP contribution in [0.15, 0.2) is 11.0 Å². The van der Waals surface area contributed by atoms with E-state index in [9.17, 15) is 8.42 Å². The highest BCUT2D eigenvalue weighted by atomic mass is 35.5. The zero-order chi connectivity index (χ0) is 13.3. The molecule has 102 valence electrons. The lowest BCUT2D eigenvalue weighted by Crippen LogP contribution is -2.49. The molecule has 1 fully saturated rings. The number of thiophene rings is 1. The number of hydrogen-bond acceptors (Lipinski definition) is 4. The Labute approximate surface area is 121 Å². The third kappa shape index (κ3) is 3.18. The molecule has 2 rings (SSSR count). The maximum absolute atomic E-state index is 12.2. The summed E-state index contributed by atoms with van der Waals surface area (Å²) < 4.78 is 27.5. The first kappa shape index (κ1) is 14.6. The average molecular weight is 329 g/mol. The van der Waals surface area contributed by atoms with Crippen molar-refractivity contribution >= 4 is 44.6 Å². The summed E-state index contributed by atoms with van der Waals surface area (Å²) in [5.74, 6) is 0. The number of rotatable bonds is 3. The van der Waals surface area contributed by atoms with Gasteiger partial charge in [0.15, 0.2) is 0 Å². The zero-order valence-corrected chi connectivity index (χ0v) is 12.7. The van der Waals surface area contributed by atoms with Crippen molar-refractivity contribution in [3.8, 4) is 0 Å². The van der Waals surface area contributed by atoms with Crippen LogP contribution in [0.3, 0.4) is 0 Å². The first-order chi connectivity index (χ1) is 8.40. The second-order valence-corrected chi connectivity index (χ2v) is 8.33. The Morgan fingerprint density at radius 3 is 2.56 bits per heavy atom. The molecule has 1 aliphatic rings. The van der Waals surface area contributed by atoms with Crippen molar-refractivity contribution in [2.75, 3.05) is 0 Å². The van der Waals surface area contributed by atoms with Gasteiger partial charge in [-0.2, -0.15) is 0 Å². The highest BCUT2D eigenvalue weighted by Crippen LogP contribution is 2.34. The first-order valence-corrected chi connectivity index (χ1v) is 8.68. The largest absolute Gasteiger partial charge is 0.326 e. The molecule has 18 heavy (non-hydrogen) atoms. The van der Waals surface area contributed by atoms with Crippen LogP contribution in [0.4, 0.5) is 0 Å². The third-order valence-electron chi connectivity index (χ3n) is 3.04. The zero-order valence-electron chi connectivity index (χ0n) is 9.53. The van der Waals surface area contributed by atoms with E-state index in [1.807, 2.05) is 0 Å². The van der Waals surface area contributed by atoms with Crippen molar-refractivity contribution in [2.45, 2.75) is 42.7 Å². The fourth-order valence-electron chi connectivity index (χ4n) is 2.08. The standard InChI is InChI=1S/C10H14Cl2N2O2S2/c11-9-5-8(10(12)17-9)18(15,16)14-7-4-2-1-3-6(7)13/h5-7,14H,1-4,13H2. The van der Waals surface area contributed by atoms with E-state index in [4.69, 9.17) is 28.9 Å². The molecule has 8 heteroatoms. The molecular weight excluding hydrogens is 315 g/mol. The van der Waals surface area contributed by atoms with Crippen LogP contribution in [0.5, 0.6) is 0 Å². The molecule has 0 radical (unpaired) electrons. The lowest BCUT2D eigenvalue weighted by atomic mass is 9.92. The molecule has 1 aromatic rings. The van der Waals surface area contributed by atoms with Gasteiger partial charge >= 0.3 is 0 Å². The van der Waals surface area contributed by atoms with Crippen LogP contribution in [0.1, 0.15) is 25.7 Å². The molecule has 1 aromatic heterocycles. The highest BCUT2D eigenvalue weighted by Gasteiger charge is 2.29. The maximum atomic E-state index is 12.2. The summed E-state index contributed by atoms with van der Waals surface area (Å²) in [5.41, 5.74) is 5.92. The molecule has 3 N–H and O–H groups in total. The number of hydrogen-bond donors (Lipinski definition) is 2. The molecular formula is C10H14Cl2N2O2S2. The van der Waals surface area contributed by atoms with Crippen LogP contribution >= 0.6 is 34.5 Å². The Morgan fingerprint density at radius 1 is 1.33 bits per heavy atom. The van der Waals surface area contributed by atoms with E-state index in [1.54, 1.807) is 0 Å². The van der Waals surface area contributed by atoms with Crippen molar-refractivity contribution in [2.24, 2.45) is 5.73 Å². The number of nitrogens with two attached hydrogens (primary N) is 1. The summed E-state index contributed by atoms with van der Waals surface area (Å²) in [4.78, 5) is 0.0388. The van der Waals surface area contributed by atoms with Gasteiger partial charge in [-0.05, 0) is 18.9 Å². The molecule has 2 unspecified atom stereocenters. The summed E-state index contributed by atoms with van der Waals surface area (Å²) in [6, 6.07) is 1.01. The molecule has 2 atom stereocenters. The third-order valence-corrected chi connectivity index (χ3v) is 6.28. The lowest BCUT2D eigenvalue weighted by Gasteiger charge is -2.28.